The van der Waals surface area contributed by atoms with Crippen LogP contribution in [0.3, 0.4) is 0 Å². The van der Waals surface area contributed by atoms with E-state index in [-0.39, 0.29) is 30.1 Å². The van der Waals surface area contributed by atoms with Gasteiger partial charge in [-0.05, 0) is 26.1 Å². The first kappa shape index (κ1) is 18.8. The number of benzene rings is 1. The molecule has 0 heterocycles. The number of nitrogens with two attached hydrogens (primary N) is 1. The second-order valence-corrected chi connectivity index (χ2v) is 5.17. The van der Waals surface area contributed by atoms with E-state index in [0.29, 0.717) is 12.1 Å². The van der Waals surface area contributed by atoms with Crippen molar-refractivity contribution in [3.63, 3.8) is 0 Å². The maximum absolute atomic E-state index is 12.1. The van der Waals surface area contributed by atoms with Crippen LogP contribution >= 0.6 is 24.2 Å². The summed E-state index contributed by atoms with van der Waals surface area (Å²) in [4.78, 5) is 23.6. The Morgan fingerprint density at radius 1 is 1.35 bits per heavy atom. The molecule has 0 aromatic heterocycles. The molecule has 4 N–H and O–H groups in total. The van der Waals surface area contributed by atoms with Gasteiger partial charge < -0.3 is 16.4 Å². The number of nitrogens with one attached hydrogen (secondary N) is 2. The highest BCUT2D eigenvalue weighted by Gasteiger charge is 2.12. The van der Waals surface area contributed by atoms with Gasteiger partial charge in [0.1, 0.15) is 0 Å². The van der Waals surface area contributed by atoms with Crippen molar-refractivity contribution in [3.8, 4) is 0 Å². The van der Waals surface area contributed by atoms with Gasteiger partial charge in [0.15, 0.2) is 0 Å². The number of hydrogen-bond donors (Lipinski definition) is 3. The Kier molecular flexibility index (Phi) is 9.03. The zero-order valence-corrected chi connectivity index (χ0v) is 13.1. The van der Waals surface area contributed by atoms with E-state index in [9.17, 15) is 9.59 Å². The monoisotopic (exact) mass is 317 g/mol. The van der Waals surface area contributed by atoms with Crippen molar-refractivity contribution in [1.29, 1.82) is 0 Å². The Labute approximate surface area is 129 Å². The lowest BCUT2D eigenvalue weighted by molar-refractivity contribution is -0.115. The van der Waals surface area contributed by atoms with Gasteiger partial charge in [0.2, 0.25) is 5.91 Å². The normalized spacial score (nSPS) is 11.3. The molecule has 0 aliphatic heterocycles. The minimum Gasteiger partial charge on any atom is -0.369 e. The van der Waals surface area contributed by atoms with Crippen molar-refractivity contribution in [2.45, 2.75) is 17.9 Å². The third-order valence-corrected chi connectivity index (χ3v) is 3.66. The van der Waals surface area contributed by atoms with Gasteiger partial charge in [-0.25, -0.2) is 0 Å². The van der Waals surface area contributed by atoms with Crippen LogP contribution in [0.4, 0.5) is 0 Å². The van der Waals surface area contributed by atoms with Gasteiger partial charge in [-0.2, -0.15) is 0 Å². The van der Waals surface area contributed by atoms with Crippen LogP contribution in [-0.4, -0.2) is 37.2 Å². The van der Waals surface area contributed by atoms with Crippen LogP contribution in [0.15, 0.2) is 29.2 Å². The molecule has 0 aliphatic rings. The number of thioether (sulfide) groups is 1. The summed E-state index contributed by atoms with van der Waals surface area (Å²) in [5.74, 6) is -0.379. The fourth-order valence-electron chi connectivity index (χ4n) is 1.37. The molecule has 1 aromatic rings. The van der Waals surface area contributed by atoms with Gasteiger partial charge in [-0.15, -0.1) is 24.2 Å². The van der Waals surface area contributed by atoms with E-state index < -0.39 is 5.91 Å². The quantitative estimate of drug-likeness (QED) is 0.656. The predicted octanol–water partition coefficient (Wildman–Crippen LogP) is 1.02. The van der Waals surface area contributed by atoms with Gasteiger partial charge in [-0.1, -0.05) is 12.1 Å². The molecule has 20 heavy (non-hydrogen) atoms. The summed E-state index contributed by atoms with van der Waals surface area (Å²) in [6.07, 6.45) is 0. The summed E-state index contributed by atoms with van der Waals surface area (Å²) in [5, 5.41) is 5.89. The van der Waals surface area contributed by atoms with E-state index in [4.69, 9.17) is 5.73 Å². The number of rotatable bonds is 7. The molecule has 1 rings (SSSR count). The highest BCUT2D eigenvalue weighted by Crippen LogP contribution is 2.22. The number of carbonyl (C=O) groups is 2. The highest BCUT2D eigenvalue weighted by molar-refractivity contribution is 8.00. The van der Waals surface area contributed by atoms with Crippen LogP contribution < -0.4 is 16.4 Å². The summed E-state index contributed by atoms with van der Waals surface area (Å²) in [6, 6.07) is 7.38. The van der Waals surface area contributed by atoms with Gasteiger partial charge in [0, 0.05) is 17.5 Å². The van der Waals surface area contributed by atoms with Gasteiger partial charge in [0.25, 0.3) is 5.91 Å². The molecule has 0 radical (unpaired) electrons. The molecule has 0 fully saturated rings. The zero-order valence-electron chi connectivity index (χ0n) is 11.5. The highest BCUT2D eigenvalue weighted by atomic mass is 35.5. The number of likely N-dealkylation sites (N-methyl/N-ethyl adjacent to an activating group) is 1. The molecule has 5 nitrogen and oxygen atoms in total. The first-order valence-electron chi connectivity index (χ1n) is 6.00. The van der Waals surface area contributed by atoms with E-state index in [0.717, 1.165) is 4.90 Å². The van der Waals surface area contributed by atoms with Crippen LogP contribution in [0.5, 0.6) is 0 Å². The molecular formula is C13H20ClN3O2S. The molecular weight excluding hydrogens is 298 g/mol. The van der Waals surface area contributed by atoms with E-state index in [1.807, 2.05) is 26.1 Å². The van der Waals surface area contributed by atoms with Gasteiger partial charge in [0.05, 0.1) is 11.3 Å². The third-order valence-electron chi connectivity index (χ3n) is 2.56. The largest absolute Gasteiger partial charge is 0.369 e. The molecule has 0 aliphatic carbocycles. The molecule has 7 heteroatoms. The summed E-state index contributed by atoms with van der Waals surface area (Å²) in [5.41, 5.74) is 5.68. The SMILES string of the molecule is CNC(C)CNC(=O)c1ccccc1SCC(N)=O.Cl. The smallest absolute Gasteiger partial charge is 0.252 e. The molecule has 0 saturated carbocycles. The predicted molar refractivity (Wildman–Crippen MR) is 84.5 cm³/mol. The maximum Gasteiger partial charge on any atom is 0.252 e. The fraction of sp³-hybridized carbons (Fsp3) is 0.385. The first-order chi connectivity index (χ1) is 9.04. The number of carbonyl (C=O) groups excluding carboxylic acids is 2. The van der Waals surface area contributed by atoms with Crippen LogP contribution in [-0.2, 0) is 4.79 Å². The van der Waals surface area contributed by atoms with E-state index in [1.54, 1.807) is 12.1 Å². The lowest BCUT2D eigenvalue weighted by atomic mass is 10.2. The zero-order chi connectivity index (χ0) is 14.3. The summed E-state index contributed by atoms with van der Waals surface area (Å²) < 4.78 is 0. The molecule has 0 bridgehead atoms. The second kappa shape index (κ2) is 9.63. The van der Waals surface area contributed by atoms with E-state index in [1.165, 1.54) is 11.8 Å². The average molecular weight is 318 g/mol. The molecule has 0 spiro atoms. The van der Waals surface area contributed by atoms with Crippen molar-refractivity contribution >= 4 is 36.0 Å². The van der Waals surface area contributed by atoms with Crippen molar-refractivity contribution in [2.75, 3.05) is 19.3 Å². The van der Waals surface area contributed by atoms with Gasteiger partial charge >= 0.3 is 0 Å². The first-order valence-corrected chi connectivity index (χ1v) is 6.98. The number of primary amides is 1. The molecule has 1 aromatic carbocycles. The lowest BCUT2D eigenvalue weighted by Crippen LogP contribution is -2.37. The average Bonchev–Trinajstić information content (AvgIpc) is 2.42. The molecule has 112 valence electrons. The molecule has 1 unspecified atom stereocenters. The van der Waals surface area contributed by atoms with Gasteiger partial charge in [-0.3, -0.25) is 9.59 Å². The minimum absolute atomic E-state index is 0. The summed E-state index contributed by atoms with van der Waals surface area (Å²) >= 11 is 1.27. The number of hydrogen-bond acceptors (Lipinski definition) is 4. The van der Waals surface area contributed by atoms with Crippen LogP contribution in [0.25, 0.3) is 0 Å². The Balaban J connectivity index is 0.00000361. The molecule has 2 amide bonds. The van der Waals surface area contributed by atoms with Crippen LogP contribution in [0.2, 0.25) is 0 Å². The minimum atomic E-state index is -0.399. The summed E-state index contributed by atoms with van der Waals surface area (Å²) in [6.45, 7) is 2.53. The number of amides is 2. The molecule has 0 saturated heterocycles. The van der Waals surface area contributed by atoms with Crippen LogP contribution in [0.1, 0.15) is 17.3 Å². The van der Waals surface area contributed by atoms with E-state index >= 15 is 0 Å². The van der Waals surface area contributed by atoms with Crippen molar-refractivity contribution in [2.24, 2.45) is 5.73 Å². The summed E-state index contributed by atoms with van der Waals surface area (Å²) in [7, 11) is 1.84. The van der Waals surface area contributed by atoms with Crippen molar-refractivity contribution in [3.05, 3.63) is 29.8 Å². The Morgan fingerprint density at radius 3 is 2.60 bits per heavy atom. The molecule has 1 atom stereocenters. The fourth-order valence-corrected chi connectivity index (χ4v) is 2.16. The van der Waals surface area contributed by atoms with E-state index in [2.05, 4.69) is 10.6 Å². The topological polar surface area (TPSA) is 84.2 Å². The van der Waals surface area contributed by atoms with Crippen molar-refractivity contribution < 1.29 is 9.59 Å². The Morgan fingerprint density at radius 2 is 2.00 bits per heavy atom. The lowest BCUT2D eigenvalue weighted by Gasteiger charge is -2.13. The maximum atomic E-state index is 12.1. The van der Waals surface area contributed by atoms with Crippen molar-refractivity contribution in [1.82, 2.24) is 10.6 Å². The second-order valence-electron chi connectivity index (χ2n) is 4.15. The van der Waals surface area contributed by atoms with Crippen LogP contribution in [0, 0.1) is 0 Å². The standard InChI is InChI=1S/C13H19N3O2S.ClH/c1-9(15-2)7-16-13(18)10-5-3-4-6-11(10)19-8-12(14)17;/h3-6,9,15H,7-8H2,1-2H3,(H2,14,17)(H,16,18);1H. The number of halogens is 1. The third kappa shape index (κ3) is 6.27. The Bertz CT molecular complexity index is 457. The Hall–Kier alpha value is -1.24.